The van der Waals surface area contributed by atoms with Crippen LogP contribution in [0.25, 0.3) is 5.52 Å². The van der Waals surface area contributed by atoms with E-state index in [0.29, 0.717) is 0 Å². The van der Waals surface area contributed by atoms with Crippen LogP contribution in [0.5, 0.6) is 0 Å². The zero-order valence-electron chi connectivity index (χ0n) is 11.0. The molecule has 0 aliphatic heterocycles. The van der Waals surface area contributed by atoms with Gasteiger partial charge in [-0.15, -0.1) is 0 Å². The van der Waals surface area contributed by atoms with Crippen LogP contribution in [0.1, 0.15) is 37.1 Å². The minimum Gasteiger partial charge on any atom is -0.328 e. The number of aryl methyl sites for hydroxylation is 1. The Balaban J connectivity index is 2.61. The van der Waals surface area contributed by atoms with E-state index in [0.717, 1.165) is 12.8 Å². The Morgan fingerprint density at radius 2 is 2.12 bits per heavy atom. The first-order valence-corrected chi connectivity index (χ1v) is 6.48. The van der Waals surface area contributed by atoms with Crippen LogP contribution in [0.3, 0.4) is 0 Å². The molecule has 2 nitrogen and oxygen atoms in total. The zero-order chi connectivity index (χ0) is 12.4. The van der Waals surface area contributed by atoms with E-state index in [1.807, 2.05) is 0 Å². The molecule has 2 N–H and O–H groups in total. The third-order valence-electron chi connectivity index (χ3n) is 3.36. The molecule has 0 radical (unpaired) electrons. The first-order valence-electron chi connectivity index (χ1n) is 6.48. The lowest BCUT2D eigenvalue weighted by Gasteiger charge is -2.05. The van der Waals surface area contributed by atoms with Crippen LogP contribution in [-0.2, 0) is 12.8 Å². The molecular weight excluding hydrogens is 208 g/mol. The molecule has 2 aromatic rings. The van der Waals surface area contributed by atoms with Crippen molar-refractivity contribution in [2.45, 2.75) is 46.1 Å². The van der Waals surface area contributed by atoms with Crippen molar-refractivity contribution in [1.82, 2.24) is 4.40 Å². The second kappa shape index (κ2) is 4.92. The van der Waals surface area contributed by atoms with E-state index >= 15 is 0 Å². The lowest BCUT2D eigenvalue weighted by molar-refractivity contribution is 0.738. The number of nitrogens with zero attached hydrogens (tertiary/aromatic N) is 1. The standard InChI is InChI=1S/C15H22N2/c1-4-7-14-12(3)13(10-11(2)16)15-8-5-6-9-17(14)15/h5-6,8-9,11H,4,7,10,16H2,1-3H3/t11-/m0/s1. The van der Waals surface area contributed by atoms with E-state index in [4.69, 9.17) is 5.73 Å². The van der Waals surface area contributed by atoms with Crippen LogP contribution in [0, 0.1) is 6.92 Å². The maximum atomic E-state index is 5.96. The summed E-state index contributed by atoms with van der Waals surface area (Å²) in [5.74, 6) is 0. The molecule has 0 amide bonds. The monoisotopic (exact) mass is 230 g/mol. The highest BCUT2D eigenvalue weighted by Crippen LogP contribution is 2.25. The van der Waals surface area contributed by atoms with Gasteiger partial charge in [-0.2, -0.15) is 0 Å². The van der Waals surface area contributed by atoms with E-state index < -0.39 is 0 Å². The van der Waals surface area contributed by atoms with Gasteiger partial charge in [0.1, 0.15) is 0 Å². The van der Waals surface area contributed by atoms with E-state index in [1.165, 1.54) is 28.8 Å². The summed E-state index contributed by atoms with van der Waals surface area (Å²) in [6, 6.07) is 6.62. The Bertz CT molecular complexity index is 509. The number of pyridine rings is 1. The van der Waals surface area contributed by atoms with Crippen LogP contribution in [0.4, 0.5) is 0 Å². The fourth-order valence-electron chi connectivity index (χ4n) is 2.60. The molecule has 92 valence electrons. The number of hydrogen-bond donors (Lipinski definition) is 1. The van der Waals surface area contributed by atoms with Gasteiger partial charge >= 0.3 is 0 Å². The molecule has 0 saturated heterocycles. The average Bonchev–Trinajstić information content (AvgIpc) is 2.55. The first-order chi connectivity index (χ1) is 8.15. The summed E-state index contributed by atoms with van der Waals surface area (Å²) < 4.78 is 2.33. The quantitative estimate of drug-likeness (QED) is 0.859. The number of rotatable bonds is 4. The van der Waals surface area contributed by atoms with Gasteiger partial charge in [0.25, 0.3) is 0 Å². The Morgan fingerprint density at radius 1 is 1.35 bits per heavy atom. The van der Waals surface area contributed by atoms with Crippen molar-refractivity contribution in [3.05, 3.63) is 41.2 Å². The molecule has 2 aromatic heterocycles. The third kappa shape index (κ3) is 2.22. The lowest BCUT2D eigenvalue weighted by Crippen LogP contribution is -2.18. The zero-order valence-corrected chi connectivity index (χ0v) is 11.0. The van der Waals surface area contributed by atoms with Gasteiger partial charge in [-0.3, -0.25) is 0 Å². The number of hydrogen-bond acceptors (Lipinski definition) is 1. The van der Waals surface area contributed by atoms with Crippen LogP contribution in [0.15, 0.2) is 24.4 Å². The SMILES string of the molecule is CCCc1c(C)c(C[C@H](C)N)c2ccccn12. The number of fused-ring (bicyclic) bond motifs is 1. The molecule has 0 aromatic carbocycles. The van der Waals surface area contributed by atoms with Crippen LogP contribution >= 0.6 is 0 Å². The topological polar surface area (TPSA) is 30.4 Å². The predicted molar refractivity (Wildman–Crippen MR) is 73.5 cm³/mol. The van der Waals surface area contributed by atoms with E-state index in [2.05, 4.69) is 49.6 Å². The van der Waals surface area contributed by atoms with Gasteiger partial charge in [0.2, 0.25) is 0 Å². The Morgan fingerprint density at radius 3 is 2.76 bits per heavy atom. The van der Waals surface area contributed by atoms with Crippen LogP contribution < -0.4 is 5.73 Å². The highest BCUT2D eigenvalue weighted by molar-refractivity contribution is 5.62. The van der Waals surface area contributed by atoms with Gasteiger partial charge in [-0.05, 0) is 49.9 Å². The minimum absolute atomic E-state index is 0.217. The summed E-state index contributed by atoms with van der Waals surface area (Å²) in [5, 5.41) is 0. The molecule has 2 heterocycles. The molecule has 0 saturated carbocycles. The maximum absolute atomic E-state index is 5.96. The van der Waals surface area contributed by atoms with Gasteiger partial charge in [-0.25, -0.2) is 0 Å². The van der Waals surface area contributed by atoms with Gasteiger partial charge in [0, 0.05) is 23.4 Å². The summed E-state index contributed by atoms with van der Waals surface area (Å²) in [7, 11) is 0. The fourth-order valence-corrected chi connectivity index (χ4v) is 2.60. The molecule has 17 heavy (non-hydrogen) atoms. The van der Waals surface area contributed by atoms with Crippen molar-refractivity contribution in [2.24, 2.45) is 5.73 Å². The van der Waals surface area contributed by atoms with Crippen molar-refractivity contribution in [3.63, 3.8) is 0 Å². The van der Waals surface area contributed by atoms with E-state index in [-0.39, 0.29) is 6.04 Å². The second-order valence-corrected chi connectivity index (χ2v) is 4.94. The molecular formula is C15H22N2. The van der Waals surface area contributed by atoms with Gasteiger partial charge in [0.05, 0.1) is 0 Å². The molecule has 0 bridgehead atoms. The molecule has 2 heteroatoms. The number of aromatic nitrogens is 1. The summed E-state index contributed by atoms with van der Waals surface area (Å²) >= 11 is 0. The summed E-state index contributed by atoms with van der Waals surface area (Å²) in [6.45, 7) is 6.54. The van der Waals surface area contributed by atoms with Gasteiger partial charge < -0.3 is 10.1 Å². The molecule has 0 aliphatic rings. The average molecular weight is 230 g/mol. The van der Waals surface area contributed by atoms with Crippen molar-refractivity contribution in [3.8, 4) is 0 Å². The van der Waals surface area contributed by atoms with Gasteiger partial charge in [0.15, 0.2) is 0 Å². The van der Waals surface area contributed by atoms with E-state index in [9.17, 15) is 0 Å². The van der Waals surface area contributed by atoms with Crippen LogP contribution in [-0.4, -0.2) is 10.4 Å². The molecule has 0 fully saturated rings. The third-order valence-corrected chi connectivity index (χ3v) is 3.36. The Labute approximate surface area is 103 Å². The Hall–Kier alpha value is -1.28. The number of nitrogens with two attached hydrogens (primary N) is 1. The first kappa shape index (κ1) is 12.2. The summed E-state index contributed by atoms with van der Waals surface area (Å²) in [6.07, 6.45) is 5.44. The van der Waals surface area contributed by atoms with Crippen molar-refractivity contribution < 1.29 is 0 Å². The summed E-state index contributed by atoms with van der Waals surface area (Å²) in [4.78, 5) is 0. The van der Waals surface area contributed by atoms with Crippen molar-refractivity contribution in [1.29, 1.82) is 0 Å². The van der Waals surface area contributed by atoms with Gasteiger partial charge in [-0.1, -0.05) is 19.4 Å². The summed E-state index contributed by atoms with van der Waals surface area (Å²) in [5.41, 5.74) is 11.6. The maximum Gasteiger partial charge on any atom is 0.0488 e. The second-order valence-electron chi connectivity index (χ2n) is 4.94. The highest BCUT2D eigenvalue weighted by atomic mass is 14.9. The van der Waals surface area contributed by atoms with Crippen molar-refractivity contribution >= 4 is 5.52 Å². The highest BCUT2D eigenvalue weighted by Gasteiger charge is 2.14. The molecule has 0 spiro atoms. The van der Waals surface area contributed by atoms with E-state index in [1.54, 1.807) is 0 Å². The van der Waals surface area contributed by atoms with Crippen molar-refractivity contribution in [2.75, 3.05) is 0 Å². The normalized spacial score (nSPS) is 13.2. The molecule has 2 rings (SSSR count). The predicted octanol–water partition coefficient (Wildman–Crippen LogP) is 3.09. The largest absolute Gasteiger partial charge is 0.328 e. The minimum atomic E-state index is 0.217. The smallest absolute Gasteiger partial charge is 0.0488 e. The fraction of sp³-hybridized carbons (Fsp3) is 0.467. The Kier molecular flexibility index (Phi) is 3.53. The molecule has 0 unspecified atom stereocenters. The lowest BCUT2D eigenvalue weighted by atomic mass is 10.0. The van der Waals surface area contributed by atoms with Crippen LogP contribution in [0.2, 0.25) is 0 Å². The molecule has 0 aliphatic carbocycles. The molecule has 1 atom stereocenters.